The van der Waals surface area contributed by atoms with Gasteiger partial charge in [0.1, 0.15) is 0 Å². The van der Waals surface area contributed by atoms with Gasteiger partial charge in [0.05, 0.1) is 25.4 Å². The predicted molar refractivity (Wildman–Crippen MR) is 287 cm³/mol. The fraction of sp³-hybridized carbons (Fsp3) is 0.900. The minimum atomic E-state index is -0.665. The molecule has 3 N–H and O–H groups in total. The van der Waals surface area contributed by atoms with Gasteiger partial charge < -0.3 is 20.3 Å². The van der Waals surface area contributed by atoms with Gasteiger partial charge in [-0.3, -0.25) is 9.59 Å². The summed E-state index contributed by atoms with van der Waals surface area (Å²) in [6.45, 7) is 4.93. The molecule has 6 nitrogen and oxygen atoms in total. The summed E-state index contributed by atoms with van der Waals surface area (Å²) in [7, 11) is 0. The minimum absolute atomic E-state index is 0.00313. The van der Waals surface area contributed by atoms with Crippen molar-refractivity contribution in [2.75, 3.05) is 13.2 Å². The van der Waals surface area contributed by atoms with Crippen LogP contribution in [0.25, 0.3) is 0 Å². The van der Waals surface area contributed by atoms with Gasteiger partial charge in [0.15, 0.2) is 0 Å². The van der Waals surface area contributed by atoms with Crippen molar-refractivity contribution in [1.29, 1.82) is 0 Å². The molecular formula is C60H115NO5. The van der Waals surface area contributed by atoms with Crippen LogP contribution in [0.4, 0.5) is 0 Å². The minimum Gasteiger partial charge on any atom is -0.466 e. The summed E-state index contributed by atoms with van der Waals surface area (Å²) in [6.07, 6.45) is 67.4. The summed E-state index contributed by atoms with van der Waals surface area (Å²) in [6, 6.07) is -0.542. The number of esters is 1. The smallest absolute Gasteiger partial charge is 0.305 e. The molecule has 0 aliphatic carbocycles. The van der Waals surface area contributed by atoms with E-state index in [2.05, 4.69) is 43.5 Å². The number of aliphatic hydroxyl groups is 2. The van der Waals surface area contributed by atoms with Crippen molar-refractivity contribution in [2.45, 2.75) is 334 Å². The van der Waals surface area contributed by atoms with Gasteiger partial charge in [-0.2, -0.15) is 0 Å². The average molecular weight is 931 g/mol. The van der Waals surface area contributed by atoms with Gasteiger partial charge in [0.2, 0.25) is 5.91 Å². The molecule has 2 atom stereocenters. The Morgan fingerprint density at radius 2 is 0.758 bits per heavy atom. The second kappa shape index (κ2) is 55.9. The molecule has 0 aromatic heterocycles. The Hall–Kier alpha value is -1.66. The molecule has 390 valence electrons. The van der Waals surface area contributed by atoms with E-state index in [4.69, 9.17) is 4.74 Å². The first-order valence-corrected chi connectivity index (χ1v) is 29.6. The number of allylic oxidation sites excluding steroid dienone is 4. The summed E-state index contributed by atoms with van der Waals surface area (Å²) >= 11 is 0. The van der Waals surface area contributed by atoms with E-state index in [0.717, 1.165) is 51.4 Å². The molecule has 0 aliphatic rings. The highest BCUT2D eigenvalue weighted by atomic mass is 16.5. The highest BCUT2D eigenvalue weighted by Gasteiger charge is 2.20. The number of carbonyl (C=O) groups excluding carboxylic acids is 2. The summed E-state index contributed by atoms with van der Waals surface area (Å²) in [4.78, 5) is 24.5. The summed E-state index contributed by atoms with van der Waals surface area (Å²) in [5.41, 5.74) is 0. The maximum atomic E-state index is 12.5. The van der Waals surface area contributed by atoms with Crippen LogP contribution in [-0.4, -0.2) is 47.4 Å². The lowest BCUT2D eigenvalue weighted by Gasteiger charge is -2.22. The highest BCUT2D eigenvalue weighted by Crippen LogP contribution is 2.17. The number of amides is 1. The van der Waals surface area contributed by atoms with Gasteiger partial charge in [-0.15, -0.1) is 0 Å². The molecule has 0 fully saturated rings. The molecule has 2 unspecified atom stereocenters. The molecule has 0 heterocycles. The van der Waals surface area contributed by atoms with Crippen molar-refractivity contribution in [3.8, 4) is 0 Å². The van der Waals surface area contributed by atoms with Crippen molar-refractivity contribution < 1.29 is 24.5 Å². The molecule has 0 bridgehead atoms. The first-order valence-electron chi connectivity index (χ1n) is 29.6. The molecule has 0 aliphatic heterocycles. The van der Waals surface area contributed by atoms with Crippen LogP contribution in [0.3, 0.4) is 0 Å². The first-order chi connectivity index (χ1) is 32.5. The van der Waals surface area contributed by atoms with E-state index in [1.54, 1.807) is 0 Å². The van der Waals surface area contributed by atoms with Crippen LogP contribution in [0.15, 0.2) is 24.3 Å². The van der Waals surface area contributed by atoms with E-state index in [1.807, 2.05) is 0 Å². The van der Waals surface area contributed by atoms with E-state index in [-0.39, 0.29) is 18.5 Å². The second-order valence-corrected chi connectivity index (χ2v) is 20.3. The fourth-order valence-electron chi connectivity index (χ4n) is 9.20. The Labute approximate surface area is 411 Å². The Morgan fingerprint density at radius 1 is 0.424 bits per heavy atom. The quantitative estimate of drug-likeness (QED) is 0.0321. The van der Waals surface area contributed by atoms with E-state index in [1.165, 1.54) is 238 Å². The maximum Gasteiger partial charge on any atom is 0.305 e. The second-order valence-electron chi connectivity index (χ2n) is 20.3. The Morgan fingerprint density at radius 3 is 1.18 bits per heavy atom. The lowest BCUT2D eigenvalue weighted by atomic mass is 10.0. The van der Waals surface area contributed by atoms with Crippen molar-refractivity contribution in [1.82, 2.24) is 5.32 Å². The molecule has 6 heteroatoms. The molecule has 0 spiro atoms. The van der Waals surface area contributed by atoms with Crippen LogP contribution in [0, 0.1) is 0 Å². The highest BCUT2D eigenvalue weighted by molar-refractivity contribution is 5.76. The largest absolute Gasteiger partial charge is 0.466 e. The lowest BCUT2D eigenvalue weighted by Crippen LogP contribution is -2.45. The number of rotatable bonds is 55. The number of hydrogen-bond acceptors (Lipinski definition) is 5. The molecule has 0 aromatic carbocycles. The van der Waals surface area contributed by atoms with Crippen LogP contribution < -0.4 is 5.32 Å². The number of nitrogens with one attached hydrogen (secondary N) is 1. The summed E-state index contributed by atoms with van der Waals surface area (Å²) in [5.74, 6) is -0.0390. The third-order valence-electron chi connectivity index (χ3n) is 13.8. The van der Waals surface area contributed by atoms with E-state index < -0.39 is 12.1 Å². The summed E-state index contributed by atoms with van der Waals surface area (Å²) < 4.78 is 5.47. The molecular weight excluding hydrogens is 815 g/mol. The standard InChI is InChI=1S/C60H115NO5/c1-3-5-7-9-11-13-15-17-25-30-34-38-42-46-50-54-60(65)66-55-51-47-43-39-35-31-27-24-22-20-19-21-23-26-29-33-37-41-45-49-53-59(64)61-57(56-62)58(63)52-48-44-40-36-32-28-18-16-14-12-10-8-6-4-2/h11,13,17,25,57-58,62-63H,3-10,12,14-16,18-24,26-56H2,1-2H3,(H,61,64)/b13-11-,25-17-. The molecule has 0 radical (unpaired) electrons. The monoisotopic (exact) mass is 930 g/mol. The van der Waals surface area contributed by atoms with Gasteiger partial charge in [-0.25, -0.2) is 0 Å². The fourth-order valence-corrected chi connectivity index (χ4v) is 9.20. The van der Waals surface area contributed by atoms with Crippen LogP contribution >= 0.6 is 0 Å². The van der Waals surface area contributed by atoms with Gasteiger partial charge >= 0.3 is 5.97 Å². The van der Waals surface area contributed by atoms with Crippen molar-refractivity contribution in [2.24, 2.45) is 0 Å². The molecule has 0 saturated carbocycles. The van der Waals surface area contributed by atoms with E-state index >= 15 is 0 Å². The van der Waals surface area contributed by atoms with E-state index in [9.17, 15) is 19.8 Å². The van der Waals surface area contributed by atoms with Crippen molar-refractivity contribution in [3.63, 3.8) is 0 Å². The third-order valence-corrected chi connectivity index (χ3v) is 13.8. The number of aliphatic hydroxyl groups excluding tert-OH is 2. The van der Waals surface area contributed by atoms with Gasteiger partial charge in [0, 0.05) is 12.8 Å². The van der Waals surface area contributed by atoms with Gasteiger partial charge in [-0.1, -0.05) is 276 Å². The van der Waals surface area contributed by atoms with Crippen molar-refractivity contribution in [3.05, 3.63) is 24.3 Å². The van der Waals surface area contributed by atoms with Crippen LogP contribution in [0.1, 0.15) is 322 Å². The topological polar surface area (TPSA) is 95.9 Å². The molecule has 0 aromatic rings. The zero-order valence-corrected chi connectivity index (χ0v) is 44.4. The molecule has 1 amide bonds. The first kappa shape index (κ1) is 64.3. The average Bonchev–Trinajstić information content (AvgIpc) is 3.32. The molecule has 0 rings (SSSR count). The van der Waals surface area contributed by atoms with E-state index in [0.29, 0.717) is 25.9 Å². The number of carbonyl (C=O) groups is 2. The Balaban J connectivity index is 3.39. The zero-order chi connectivity index (χ0) is 47.9. The van der Waals surface area contributed by atoms with Crippen LogP contribution in [0.5, 0.6) is 0 Å². The molecule has 66 heavy (non-hydrogen) atoms. The third kappa shape index (κ3) is 51.7. The van der Waals surface area contributed by atoms with Crippen molar-refractivity contribution >= 4 is 11.9 Å². The Kier molecular flexibility index (Phi) is 54.5. The maximum absolute atomic E-state index is 12.5. The number of unbranched alkanes of at least 4 members (excludes halogenated alkanes) is 40. The lowest BCUT2D eigenvalue weighted by molar-refractivity contribution is -0.143. The zero-order valence-electron chi connectivity index (χ0n) is 44.4. The van der Waals surface area contributed by atoms with Crippen LogP contribution in [-0.2, 0) is 14.3 Å². The Bertz CT molecular complexity index is 1030. The predicted octanol–water partition coefficient (Wildman–Crippen LogP) is 18.2. The number of hydrogen-bond donors (Lipinski definition) is 3. The van der Waals surface area contributed by atoms with Crippen LogP contribution in [0.2, 0.25) is 0 Å². The normalized spacial score (nSPS) is 12.7. The summed E-state index contributed by atoms with van der Waals surface area (Å²) in [5, 5.41) is 23.3. The SMILES string of the molecule is CCCCC/C=C\C/C=C\CCCCCCCC(=O)OCCCCCCCCCCCCCCCCCCCCCCC(=O)NC(CO)C(O)CCCCCCCCCCCCCCCC. The van der Waals surface area contributed by atoms with Gasteiger partial charge in [-0.05, 0) is 57.8 Å². The molecule has 0 saturated heterocycles. The van der Waals surface area contributed by atoms with Gasteiger partial charge in [0.25, 0.3) is 0 Å². The number of ether oxygens (including phenoxy) is 1.